The van der Waals surface area contributed by atoms with Gasteiger partial charge in [-0.1, -0.05) is 33.1 Å². The number of benzene rings is 1. The van der Waals surface area contributed by atoms with Gasteiger partial charge in [0.25, 0.3) is 0 Å². The summed E-state index contributed by atoms with van der Waals surface area (Å²) in [7, 11) is 0. The summed E-state index contributed by atoms with van der Waals surface area (Å²) in [6, 6.07) is 7.26. The number of rotatable bonds is 7. The lowest BCUT2D eigenvalue weighted by atomic mass is 9.71. The average molecular weight is 382 g/mol. The number of carbonyl (C=O) groups is 2. The van der Waals surface area contributed by atoms with E-state index in [0.717, 1.165) is 37.1 Å². The van der Waals surface area contributed by atoms with Crippen molar-refractivity contribution >= 4 is 35.6 Å². The minimum atomic E-state index is -0.0346. The van der Waals surface area contributed by atoms with Crippen LogP contribution >= 0.6 is 12.4 Å². The summed E-state index contributed by atoms with van der Waals surface area (Å²) >= 11 is 0. The van der Waals surface area contributed by atoms with Crippen molar-refractivity contribution in [2.45, 2.75) is 58.8 Å². The lowest BCUT2D eigenvalue weighted by Gasteiger charge is -2.35. The third-order valence-electron chi connectivity index (χ3n) is 4.93. The van der Waals surface area contributed by atoms with Gasteiger partial charge in [0, 0.05) is 24.2 Å². The summed E-state index contributed by atoms with van der Waals surface area (Å²) in [6.07, 6.45) is 6.63. The minimum absolute atomic E-state index is 0. The largest absolute Gasteiger partial charge is 0.330 e. The van der Waals surface area contributed by atoms with Gasteiger partial charge < -0.3 is 16.4 Å². The van der Waals surface area contributed by atoms with Crippen molar-refractivity contribution in [1.29, 1.82) is 0 Å². The first kappa shape index (κ1) is 22.5. The smallest absolute Gasteiger partial charge is 0.224 e. The molecule has 146 valence electrons. The lowest BCUT2D eigenvalue weighted by molar-refractivity contribution is -0.119. The van der Waals surface area contributed by atoms with E-state index in [1.807, 2.05) is 38.1 Å². The Morgan fingerprint density at radius 3 is 1.96 bits per heavy atom. The highest BCUT2D eigenvalue weighted by molar-refractivity contribution is 5.93. The van der Waals surface area contributed by atoms with Gasteiger partial charge in [-0.05, 0) is 55.0 Å². The van der Waals surface area contributed by atoms with Crippen LogP contribution in [0.4, 0.5) is 11.4 Å². The molecule has 2 rings (SSSR count). The molecule has 2 amide bonds. The third-order valence-corrected chi connectivity index (χ3v) is 4.93. The van der Waals surface area contributed by atoms with E-state index in [2.05, 4.69) is 10.6 Å². The zero-order valence-electron chi connectivity index (χ0n) is 15.8. The van der Waals surface area contributed by atoms with Crippen LogP contribution in [0.5, 0.6) is 0 Å². The summed E-state index contributed by atoms with van der Waals surface area (Å²) in [5.74, 6) is 0.353. The number of hydrogen-bond donors (Lipinski definition) is 3. The second-order valence-corrected chi connectivity index (χ2v) is 7.71. The van der Waals surface area contributed by atoms with E-state index in [4.69, 9.17) is 5.73 Å². The maximum atomic E-state index is 12.4. The number of nitrogens with two attached hydrogens (primary N) is 1. The summed E-state index contributed by atoms with van der Waals surface area (Å²) in [5, 5.41) is 5.82. The Balaban J connectivity index is 0.00000338. The Kier molecular flexibility index (Phi) is 9.09. The van der Waals surface area contributed by atoms with E-state index >= 15 is 0 Å². The SMILES string of the molecule is CC(C)CC(=O)Nc1ccc(NC(=O)CC2(CN)CCCCC2)cc1.Cl. The molecule has 0 saturated heterocycles. The van der Waals surface area contributed by atoms with Crippen molar-refractivity contribution in [2.24, 2.45) is 17.1 Å². The molecule has 0 atom stereocenters. The lowest BCUT2D eigenvalue weighted by Crippen LogP contribution is -2.36. The summed E-state index contributed by atoms with van der Waals surface area (Å²) in [6.45, 7) is 4.60. The first-order chi connectivity index (χ1) is 11.9. The molecule has 0 aromatic heterocycles. The Hall–Kier alpha value is -1.59. The Morgan fingerprint density at radius 2 is 1.50 bits per heavy atom. The fourth-order valence-corrected chi connectivity index (χ4v) is 3.52. The molecule has 1 aromatic carbocycles. The topological polar surface area (TPSA) is 84.2 Å². The van der Waals surface area contributed by atoms with Crippen LogP contribution in [0.3, 0.4) is 0 Å². The van der Waals surface area contributed by atoms with Crippen LogP contribution in [0.25, 0.3) is 0 Å². The number of carbonyl (C=O) groups excluding carboxylic acids is 2. The van der Waals surface area contributed by atoms with Crippen LogP contribution in [0, 0.1) is 11.3 Å². The van der Waals surface area contributed by atoms with Crippen LogP contribution < -0.4 is 16.4 Å². The first-order valence-corrected chi connectivity index (χ1v) is 9.32. The van der Waals surface area contributed by atoms with Crippen molar-refractivity contribution in [1.82, 2.24) is 0 Å². The molecule has 0 radical (unpaired) electrons. The molecule has 1 saturated carbocycles. The van der Waals surface area contributed by atoms with Crippen molar-refractivity contribution in [2.75, 3.05) is 17.2 Å². The highest BCUT2D eigenvalue weighted by atomic mass is 35.5. The Labute approximate surface area is 162 Å². The first-order valence-electron chi connectivity index (χ1n) is 9.32. The van der Waals surface area contributed by atoms with Gasteiger partial charge in [0.2, 0.25) is 11.8 Å². The fourth-order valence-electron chi connectivity index (χ4n) is 3.52. The summed E-state index contributed by atoms with van der Waals surface area (Å²) in [5.41, 5.74) is 7.42. The molecule has 26 heavy (non-hydrogen) atoms. The van der Waals surface area contributed by atoms with E-state index in [1.54, 1.807) is 0 Å². The molecule has 4 N–H and O–H groups in total. The van der Waals surface area contributed by atoms with E-state index in [9.17, 15) is 9.59 Å². The van der Waals surface area contributed by atoms with Crippen LogP contribution in [-0.2, 0) is 9.59 Å². The van der Waals surface area contributed by atoms with Gasteiger partial charge in [0.05, 0.1) is 0 Å². The van der Waals surface area contributed by atoms with Gasteiger partial charge in [0.15, 0.2) is 0 Å². The van der Waals surface area contributed by atoms with Crippen LogP contribution in [0.15, 0.2) is 24.3 Å². The number of anilines is 2. The van der Waals surface area contributed by atoms with Crippen molar-refractivity contribution in [3.05, 3.63) is 24.3 Å². The minimum Gasteiger partial charge on any atom is -0.330 e. The molecule has 1 aromatic rings. The number of amides is 2. The van der Waals surface area contributed by atoms with E-state index in [0.29, 0.717) is 25.3 Å². The number of hydrogen-bond acceptors (Lipinski definition) is 3. The average Bonchev–Trinajstić information content (AvgIpc) is 2.56. The van der Waals surface area contributed by atoms with Crippen molar-refractivity contribution in [3.63, 3.8) is 0 Å². The van der Waals surface area contributed by atoms with Gasteiger partial charge in [-0.15, -0.1) is 12.4 Å². The van der Waals surface area contributed by atoms with Gasteiger partial charge in [-0.3, -0.25) is 9.59 Å². The Bertz CT molecular complexity index is 581. The molecule has 0 spiro atoms. The fraction of sp³-hybridized carbons (Fsp3) is 0.600. The van der Waals surface area contributed by atoms with Crippen LogP contribution in [0.1, 0.15) is 58.8 Å². The molecule has 0 unspecified atom stereocenters. The highest BCUT2D eigenvalue weighted by Gasteiger charge is 2.32. The van der Waals surface area contributed by atoms with E-state index in [-0.39, 0.29) is 29.6 Å². The van der Waals surface area contributed by atoms with Gasteiger partial charge in [-0.2, -0.15) is 0 Å². The van der Waals surface area contributed by atoms with Crippen molar-refractivity contribution in [3.8, 4) is 0 Å². The second kappa shape index (κ2) is 10.5. The highest BCUT2D eigenvalue weighted by Crippen LogP contribution is 2.38. The number of nitrogens with one attached hydrogen (secondary N) is 2. The molecule has 0 aliphatic heterocycles. The van der Waals surface area contributed by atoms with Crippen LogP contribution in [0.2, 0.25) is 0 Å². The Morgan fingerprint density at radius 1 is 1.00 bits per heavy atom. The van der Waals surface area contributed by atoms with E-state index < -0.39 is 0 Å². The molecule has 1 fully saturated rings. The summed E-state index contributed by atoms with van der Waals surface area (Å²) in [4.78, 5) is 24.2. The number of halogens is 1. The predicted octanol–water partition coefficient (Wildman–Crippen LogP) is 4.33. The molecular formula is C20H32ClN3O2. The zero-order chi connectivity index (χ0) is 18.3. The molecule has 6 heteroatoms. The van der Waals surface area contributed by atoms with Gasteiger partial charge in [0.1, 0.15) is 0 Å². The van der Waals surface area contributed by atoms with Crippen molar-refractivity contribution < 1.29 is 9.59 Å². The maximum absolute atomic E-state index is 12.4. The normalized spacial score (nSPS) is 15.8. The molecule has 0 bridgehead atoms. The van der Waals surface area contributed by atoms with Gasteiger partial charge >= 0.3 is 0 Å². The standard InChI is InChI=1S/C20H31N3O2.ClH/c1-15(2)12-18(24)22-16-6-8-17(9-7-16)23-19(25)13-20(14-21)10-4-3-5-11-20;/h6-9,15H,3-5,10-14,21H2,1-2H3,(H,22,24)(H,23,25);1H. The second-order valence-electron chi connectivity index (χ2n) is 7.71. The maximum Gasteiger partial charge on any atom is 0.224 e. The zero-order valence-corrected chi connectivity index (χ0v) is 16.7. The third kappa shape index (κ3) is 6.96. The van der Waals surface area contributed by atoms with Gasteiger partial charge in [-0.25, -0.2) is 0 Å². The predicted molar refractivity (Wildman–Crippen MR) is 110 cm³/mol. The molecule has 0 heterocycles. The monoisotopic (exact) mass is 381 g/mol. The van der Waals surface area contributed by atoms with E-state index in [1.165, 1.54) is 6.42 Å². The van der Waals surface area contributed by atoms with Crippen LogP contribution in [-0.4, -0.2) is 18.4 Å². The molecule has 1 aliphatic rings. The molecule has 1 aliphatic carbocycles. The molecular weight excluding hydrogens is 350 g/mol. The quantitative estimate of drug-likeness (QED) is 0.657. The molecule has 5 nitrogen and oxygen atoms in total. The summed E-state index contributed by atoms with van der Waals surface area (Å²) < 4.78 is 0.